The van der Waals surface area contributed by atoms with Crippen molar-refractivity contribution in [3.8, 4) is 23.0 Å². The van der Waals surface area contributed by atoms with E-state index in [4.69, 9.17) is 23.1 Å². The van der Waals surface area contributed by atoms with Crippen LogP contribution in [0.4, 0.5) is 0 Å². The molecule has 7 heteroatoms. The molecule has 5 nitrogen and oxygen atoms in total. The molecule has 0 bridgehead atoms. The number of hydrogen-bond donors (Lipinski definition) is 0. The molecule has 2 radical (unpaired) electrons. The van der Waals surface area contributed by atoms with Gasteiger partial charge in [-0.15, -0.1) is 0 Å². The minimum atomic E-state index is -2.11. The smallest absolute Gasteiger partial charge is 0.273 e. The van der Waals surface area contributed by atoms with Crippen molar-refractivity contribution in [1.82, 2.24) is 0 Å². The molecule has 0 fully saturated rings. The van der Waals surface area contributed by atoms with Crippen LogP contribution in [0.1, 0.15) is 184 Å². The normalized spacial score (nSPS) is 12.6. The van der Waals surface area contributed by atoms with Crippen LogP contribution in [-0.4, -0.2) is 44.5 Å². The lowest BCUT2D eigenvalue weighted by molar-refractivity contribution is 0.301. The van der Waals surface area contributed by atoms with Gasteiger partial charge in [0.2, 0.25) is 0 Å². The summed E-state index contributed by atoms with van der Waals surface area (Å²) in [6, 6.07) is 26.8. The lowest BCUT2D eigenvalue weighted by atomic mass is 9.86. The zero-order valence-electron chi connectivity index (χ0n) is 42.5. The summed E-state index contributed by atoms with van der Waals surface area (Å²) >= 11 is 0. The number of benzene rings is 4. The molecule has 0 saturated carbocycles. The van der Waals surface area contributed by atoms with Gasteiger partial charge in [0.25, 0.3) is 18.1 Å². The van der Waals surface area contributed by atoms with E-state index < -0.39 is 18.1 Å². The van der Waals surface area contributed by atoms with E-state index in [-0.39, 0.29) is 21.7 Å². The van der Waals surface area contributed by atoms with Crippen LogP contribution in [0.5, 0.6) is 23.0 Å². The summed E-state index contributed by atoms with van der Waals surface area (Å²) in [6.07, 6.45) is 8.29. The molecule has 0 aromatic heterocycles. The molecule has 0 unspecified atom stereocenters. The van der Waals surface area contributed by atoms with Crippen molar-refractivity contribution in [2.45, 2.75) is 184 Å². The summed E-state index contributed by atoms with van der Waals surface area (Å²) in [7, 11) is -4.21. The van der Waals surface area contributed by atoms with Crippen molar-refractivity contribution in [2.24, 2.45) is 0 Å². The lowest BCUT2D eigenvalue weighted by Crippen LogP contribution is -2.60. The maximum atomic E-state index is 8.44. The summed E-state index contributed by atoms with van der Waals surface area (Å²) in [5, 5.41) is 4.89. The van der Waals surface area contributed by atoms with Crippen LogP contribution >= 0.6 is 0 Å². The van der Waals surface area contributed by atoms with Crippen LogP contribution in [0.3, 0.4) is 0 Å². The van der Waals surface area contributed by atoms with Crippen molar-refractivity contribution in [2.75, 3.05) is 26.4 Å². The predicted octanol–water partition coefficient (Wildman–Crippen LogP) is 12.5. The Labute approximate surface area is 388 Å². The summed E-state index contributed by atoms with van der Waals surface area (Å²) < 4.78 is 35.5. The zero-order valence-corrected chi connectivity index (χ0v) is 44.5. The van der Waals surface area contributed by atoms with Gasteiger partial charge in [-0.05, 0) is 92.4 Å². The van der Waals surface area contributed by atoms with E-state index in [2.05, 4.69) is 184 Å². The van der Waals surface area contributed by atoms with Crippen LogP contribution in [-0.2, 0) is 25.8 Å². The first-order valence-electron chi connectivity index (χ1n) is 24.2. The van der Waals surface area contributed by atoms with Gasteiger partial charge < -0.3 is 23.1 Å². The molecule has 4 aromatic carbocycles. The average molecular weight is 893 g/mol. The van der Waals surface area contributed by atoms with E-state index >= 15 is 0 Å². The summed E-state index contributed by atoms with van der Waals surface area (Å²) in [6.45, 7) is 39.4. The minimum Gasteiger partial charge on any atom is -0.493 e. The lowest BCUT2D eigenvalue weighted by Gasteiger charge is -2.36. The van der Waals surface area contributed by atoms with Crippen molar-refractivity contribution < 1.29 is 23.1 Å². The van der Waals surface area contributed by atoms with Crippen LogP contribution in [0.25, 0.3) is 0 Å². The second-order valence-corrected chi connectivity index (χ2v) is 25.6. The molecule has 0 amide bonds. The molecule has 0 spiro atoms. The third-order valence-corrected chi connectivity index (χ3v) is 16.6. The Morgan fingerprint density at radius 3 is 0.714 bits per heavy atom. The Morgan fingerprint density at radius 1 is 0.333 bits per heavy atom. The Balaban J connectivity index is 2.25. The van der Waals surface area contributed by atoms with Gasteiger partial charge >= 0.3 is 0 Å². The van der Waals surface area contributed by atoms with E-state index in [9.17, 15) is 0 Å². The van der Waals surface area contributed by atoms with Gasteiger partial charge in [0.15, 0.2) is 0 Å². The quantitative estimate of drug-likeness (QED) is 0.0581. The molecular weight excluding hydrogens is 809 g/mol. The van der Waals surface area contributed by atoms with Crippen molar-refractivity contribution in [3.63, 3.8) is 0 Å². The molecule has 4 aromatic rings. The molecule has 0 N–H and O–H groups in total. The monoisotopic (exact) mass is 893 g/mol. The van der Waals surface area contributed by atoms with Crippen LogP contribution < -0.4 is 39.7 Å². The largest absolute Gasteiger partial charge is 0.493 e. The molecule has 0 heterocycles. The highest BCUT2D eigenvalue weighted by atomic mass is 28.4. The third-order valence-electron chi connectivity index (χ3n) is 11.3. The standard InChI is InChI=1S/C56H84O5Si2/c1-17-21-37-57-41-29-25-33-45(49(41)53(5,6)7)62(46-34-26-30-42(58-38-22-18-2)50(46)54(8,9)10)61-63(47-35-27-31-43(59-39-23-19-3)51(47)55(11,12)13)48-36-28-32-44(60-40-24-20-4)52(48)56(14,15)16/h25-36H,17-24,37-40H2,1-16H3. The van der Waals surface area contributed by atoms with Crippen molar-refractivity contribution in [1.29, 1.82) is 0 Å². The third kappa shape index (κ3) is 13.7. The van der Waals surface area contributed by atoms with Crippen LogP contribution in [0, 0.1) is 0 Å². The first-order valence-corrected chi connectivity index (χ1v) is 27.0. The fourth-order valence-electron chi connectivity index (χ4n) is 8.37. The van der Waals surface area contributed by atoms with Crippen LogP contribution in [0.2, 0.25) is 0 Å². The summed E-state index contributed by atoms with van der Waals surface area (Å²) in [5.41, 5.74) is 3.90. The Bertz CT molecular complexity index is 1740. The first kappa shape index (κ1) is 52.1. The van der Waals surface area contributed by atoms with Crippen molar-refractivity contribution in [3.05, 3.63) is 95.1 Å². The second kappa shape index (κ2) is 23.1. The van der Waals surface area contributed by atoms with E-state index in [1.165, 1.54) is 43.0 Å². The minimum absolute atomic E-state index is 0.241. The van der Waals surface area contributed by atoms with E-state index in [1.807, 2.05) is 0 Å². The molecular formula is C56H84O5Si2. The molecule has 0 aliphatic heterocycles. The van der Waals surface area contributed by atoms with Gasteiger partial charge in [0.05, 0.1) is 26.4 Å². The molecule has 0 atom stereocenters. The number of ether oxygens (including phenoxy) is 4. The van der Waals surface area contributed by atoms with Gasteiger partial charge in [-0.1, -0.05) is 185 Å². The van der Waals surface area contributed by atoms with Gasteiger partial charge in [0.1, 0.15) is 23.0 Å². The number of unbranched alkanes of at least 4 members (excludes halogenated alkanes) is 4. The fraction of sp³-hybridized carbons (Fsp3) is 0.571. The average Bonchev–Trinajstić information content (AvgIpc) is 3.20. The van der Waals surface area contributed by atoms with Crippen LogP contribution in [0.15, 0.2) is 72.8 Å². The predicted molar refractivity (Wildman–Crippen MR) is 273 cm³/mol. The molecule has 4 rings (SSSR count). The van der Waals surface area contributed by atoms with Gasteiger partial charge in [0, 0.05) is 22.3 Å². The molecule has 0 aliphatic rings. The number of hydrogen-bond acceptors (Lipinski definition) is 5. The van der Waals surface area contributed by atoms with Gasteiger partial charge in [-0.3, -0.25) is 0 Å². The Kier molecular flexibility index (Phi) is 19.1. The molecule has 63 heavy (non-hydrogen) atoms. The molecule has 346 valence electrons. The highest BCUT2D eigenvalue weighted by molar-refractivity contribution is 6.92. The maximum absolute atomic E-state index is 8.44. The Hall–Kier alpha value is -3.53. The summed E-state index contributed by atoms with van der Waals surface area (Å²) in [5.74, 6) is 3.79. The van der Waals surface area contributed by atoms with E-state index in [0.717, 1.165) is 74.4 Å². The highest BCUT2D eigenvalue weighted by Crippen LogP contribution is 2.37. The van der Waals surface area contributed by atoms with E-state index in [1.54, 1.807) is 0 Å². The Morgan fingerprint density at radius 2 is 0.540 bits per heavy atom. The summed E-state index contributed by atoms with van der Waals surface area (Å²) in [4.78, 5) is 0. The van der Waals surface area contributed by atoms with E-state index in [0.29, 0.717) is 26.4 Å². The second-order valence-electron chi connectivity index (χ2n) is 21.3. The number of rotatable bonds is 22. The maximum Gasteiger partial charge on any atom is 0.273 e. The topological polar surface area (TPSA) is 46.2 Å². The molecule has 0 aliphatic carbocycles. The molecule has 0 saturated heterocycles. The van der Waals surface area contributed by atoms with Crippen molar-refractivity contribution >= 4 is 38.8 Å². The highest BCUT2D eigenvalue weighted by Gasteiger charge is 2.41. The van der Waals surface area contributed by atoms with Gasteiger partial charge in [-0.2, -0.15) is 0 Å². The first-order chi connectivity index (χ1) is 29.7. The fourth-order valence-corrected chi connectivity index (χ4v) is 15.4. The van der Waals surface area contributed by atoms with Gasteiger partial charge in [-0.25, -0.2) is 0 Å². The SMILES string of the molecule is CCCCOc1cccc([Si](O[Si](c2cccc(OCCCC)c2C(C)(C)C)c2cccc(OCCCC)c2C(C)(C)C)c2cccc(OCCCC)c2C(C)(C)C)c1C(C)(C)C. The zero-order chi connectivity index (χ0) is 46.6.